The molecule has 102 valence electrons. The number of nitrogens with zero attached hydrogens (tertiary/aromatic N) is 1. The lowest BCUT2D eigenvalue weighted by Gasteiger charge is -2.16. The van der Waals surface area contributed by atoms with Gasteiger partial charge < -0.3 is 0 Å². The lowest BCUT2D eigenvalue weighted by atomic mass is 9.98. The fourth-order valence-corrected chi connectivity index (χ4v) is 2.56. The quantitative estimate of drug-likeness (QED) is 0.336. The van der Waals surface area contributed by atoms with Crippen molar-refractivity contribution in [3.8, 4) is 0 Å². The fourth-order valence-electron chi connectivity index (χ4n) is 2.56. The number of hydrogen-bond acceptors (Lipinski definition) is 3. The third kappa shape index (κ3) is 3.96. The molecular formula is C14H25N3O. The molecule has 0 aromatic heterocycles. The van der Waals surface area contributed by atoms with Crippen LogP contribution in [-0.2, 0) is 4.79 Å². The number of rotatable bonds is 5. The normalized spacial score (nSPS) is 25.9. The lowest BCUT2D eigenvalue weighted by molar-refractivity contribution is -0.125. The van der Waals surface area contributed by atoms with Crippen molar-refractivity contribution >= 4 is 5.91 Å². The molecule has 0 saturated carbocycles. The van der Waals surface area contributed by atoms with Gasteiger partial charge in [-0.05, 0) is 24.8 Å². The molecule has 2 atom stereocenters. The minimum Gasteiger partial charge on any atom is -0.298 e. The standard InChI is InChI=1S/C14H25N3O/c1-4-6-12(7-5-2)9-17-8-11(3)13(10-17)14(18)16-15/h4,6-7,11,13H,5,8-10,15H2,1-3H3,(H,16,18)/b6-4-,12-7+. The molecule has 4 heteroatoms. The zero-order chi connectivity index (χ0) is 13.5. The number of allylic oxidation sites excluding steroid dienone is 2. The predicted octanol–water partition coefficient (Wildman–Crippen LogP) is 1.46. The highest BCUT2D eigenvalue weighted by Crippen LogP contribution is 2.23. The maximum absolute atomic E-state index is 11.6. The number of carbonyl (C=O) groups excluding carboxylic acids is 1. The summed E-state index contributed by atoms with van der Waals surface area (Å²) in [5.41, 5.74) is 3.59. The first-order valence-electron chi connectivity index (χ1n) is 6.66. The molecule has 0 aromatic carbocycles. The summed E-state index contributed by atoms with van der Waals surface area (Å²) in [5.74, 6) is 5.55. The van der Waals surface area contributed by atoms with E-state index in [1.807, 2.05) is 6.92 Å². The number of nitrogens with two attached hydrogens (primary N) is 1. The van der Waals surface area contributed by atoms with Gasteiger partial charge in [-0.3, -0.25) is 15.1 Å². The minimum absolute atomic E-state index is 0.0171. The maximum atomic E-state index is 11.6. The van der Waals surface area contributed by atoms with Gasteiger partial charge in [0.2, 0.25) is 5.91 Å². The van der Waals surface area contributed by atoms with E-state index in [2.05, 4.69) is 42.4 Å². The second-order valence-corrected chi connectivity index (χ2v) is 4.97. The molecule has 3 N–H and O–H groups in total. The molecule has 1 aliphatic rings. The van der Waals surface area contributed by atoms with Crippen LogP contribution in [0.4, 0.5) is 0 Å². The Morgan fingerprint density at radius 1 is 1.50 bits per heavy atom. The van der Waals surface area contributed by atoms with Gasteiger partial charge in [-0.1, -0.05) is 32.1 Å². The summed E-state index contributed by atoms with van der Waals surface area (Å²) in [6.07, 6.45) is 7.48. The van der Waals surface area contributed by atoms with Crippen molar-refractivity contribution < 1.29 is 4.79 Å². The lowest BCUT2D eigenvalue weighted by Crippen LogP contribution is -2.38. The van der Waals surface area contributed by atoms with Crippen LogP contribution in [0.2, 0.25) is 0 Å². The molecule has 1 rings (SSSR count). The number of nitrogens with one attached hydrogen (secondary N) is 1. The number of hydrogen-bond donors (Lipinski definition) is 2. The van der Waals surface area contributed by atoms with Crippen molar-refractivity contribution in [1.29, 1.82) is 0 Å². The summed E-state index contributed by atoms with van der Waals surface area (Å²) in [6, 6.07) is 0. The van der Waals surface area contributed by atoms with Crippen LogP contribution in [0, 0.1) is 11.8 Å². The van der Waals surface area contributed by atoms with E-state index in [0.717, 1.165) is 26.1 Å². The highest BCUT2D eigenvalue weighted by atomic mass is 16.2. The van der Waals surface area contributed by atoms with E-state index >= 15 is 0 Å². The van der Waals surface area contributed by atoms with Crippen LogP contribution in [0.5, 0.6) is 0 Å². The van der Waals surface area contributed by atoms with Crippen LogP contribution in [0.25, 0.3) is 0 Å². The molecule has 0 spiro atoms. The van der Waals surface area contributed by atoms with Crippen molar-refractivity contribution in [2.45, 2.75) is 27.2 Å². The van der Waals surface area contributed by atoms with E-state index in [0.29, 0.717) is 5.92 Å². The first kappa shape index (κ1) is 14.9. The molecule has 1 amide bonds. The third-order valence-corrected chi connectivity index (χ3v) is 3.42. The van der Waals surface area contributed by atoms with Gasteiger partial charge in [0.25, 0.3) is 0 Å². The van der Waals surface area contributed by atoms with Crippen molar-refractivity contribution in [2.24, 2.45) is 17.7 Å². The van der Waals surface area contributed by atoms with Crippen LogP contribution in [0.15, 0.2) is 23.8 Å². The molecule has 2 unspecified atom stereocenters. The van der Waals surface area contributed by atoms with Gasteiger partial charge in [0, 0.05) is 19.6 Å². The average molecular weight is 251 g/mol. The Kier molecular flexibility index (Phi) is 6.09. The van der Waals surface area contributed by atoms with Gasteiger partial charge in [0.15, 0.2) is 0 Å². The van der Waals surface area contributed by atoms with Gasteiger partial charge in [-0.25, -0.2) is 5.84 Å². The molecular weight excluding hydrogens is 226 g/mol. The Hall–Kier alpha value is -1.13. The number of amides is 1. The van der Waals surface area contributed by atoms with Gasteiger partial charge in [-0.15, -0.1) is 0 Å². The van der Waals surface area contributed by atoms with Crippen molar-refractivity contribution in [3.63, 3.8) is 0 Å². The van der Waals surface area contributed by atoms with Gasteiger partial charge >= 0.3 is 0 Å². The average Bonchev–Trinajstić information content (AvgIpc) is 2.70. The molecule has 18 heavy (non-hydrogen) atoms. The molecule has 0 bridgehead atoms. The predicted molar refractivity (Wildman–Crippen MR) is 74.6 cm³/mol. The molecule has 1 aliphatic heterocycles. The van der Waals surface area contributed by atoms with Gasteiger partial charge in [0.05, 0.1) is 5.92 Å². The second-order valence-electron chi connectivity index (χ2n) is 4.97. The molecule has 1 heterocycles. The van der Waals surface area contributed by atoms with E-state index in [1.54, 1.807) is 0 Å². The third-order valence-electron chi connectivity index (χ3n) is 3.42. The first-order valence-corrected chi connectivity index (χ1v) is 6.66. The van der Waals surface area contributed by atoms with Crippen molar-refractivity contribution in [3.05, 3.63) is 23.8 Å². The Balaban J connectivity index is 2.60. The highest BCUT2D eigenvalue weighted by molar-refractivity contribution is 5.78. The van der Waals surface area contributed by atoms with Crippen LogP contribution in [0.1, 0.15) is 27.2 Å². The van der Waals surface area contributed by atoms with E-state index in [1.165, 1.54) is 5.57 Å². The van der Waals surface area contributed by atoms with Crippen molar-refractivity contribution in [1.82, 2.24) is 10.3 Å². The molecule has 4 nitrogen and oxygen atoms in total. The van der Waals surface area contributed by atoms with Crippen molar-refractivity contribution in [2.75, 3.05) is 19.6 Å². The minimum atomic E-state index is -0.0444. The highest BCUT2D eigenvalue weighted by Gasteiger charge is 2.34. The summed E-state index contributed by atoms with van der Waals surface area (Å²) in [6.45, 7) is 8.94. The van der Waals surface area contributed by atoms with Gasteiger partial charge in [0.1, 0.15) is 0 Å². The zero-order valence-electron chi connectivity index (χ0n) is 11.6. The van der Waals surface area contributed by atoms with Crippen LogP contribution in [0.3, 0.4) is 0 Å². The second kappa shape index (κ2) is 7.34. The molecule has 1 saturated heterocycles. The molecule has 0 aromatic rings. The summed E-state index contributed by atoms with van der Waals surface area (Å²) >= 11 is 0. The first-order chi connectivity index (χ1) is 8.62. The molecule has 1 fully saturated rings. The Labute approximate surface area is 110 Å². The summed E-state index contributed by atoms with van der Waals surface area (Å²) < 4.78 is 0. The largest absolute Gasteiger partial charge is 0.298 e. The number of hydrazine groups is 1. The van der Waals surface area contributed by atoms with E-state index in [-0.39, 0.29) is 11.8 Å². The van der Waals surface area contributed by atoms with Crippen LogP contribution in [-0.4, -0.2) is 30.4 Å². The molecule has 0 radical (unpaired) electrons. The monoisotopic (exact) mass is 251 g/mol. The summed E-state index contributed by atoms with van der Waals surface area (Å²) in [5, 5.41) is 0. The zero-order valence-corrected chi connectivity index (χ0v) is 11.6. The Bertz CT molecular complexity index is 336. The summed E-state index contributed by atoms with van der Waals surface area (Å²) in [4.78, 5) is 13.9. The van der Waals surface area contributed by atoms with E-state index < -0.39 is 0 Å². The van der Waals surface area contributed by atoms with Gasteiger partial charge in [-0.2, -0.15) is 0 Å². The Morgan fingerprint density at radius 3 is 2.78 bits per heavy atom. The SMILES string of the molecule is C/C=C\C(=C/CC)CN1CC(C)C(C(=O)NN)C1. The number of likely N-dealkylation sites (tertiary alicyclic amines) is 1. The van der Waals surface area contributed by atoms with Crippen LogP contribution >= 0.6 is 0 Å². The summed E-state index contributed by atoms with van der Waals surface area (Å²) in [7, 11) is 0. The Morgan fingerprint density at radius 2 is 2.22 bits per heavy atom. The smallest absolute Gasteiger partial charge is 0.238 e. The topological polar surface area (TPSA) is 58.4 Å². The maximum Gasteiger partial charge on any atom is 0.238 e. The van der Waals surface area contributed by atoms with E-state index in [4.69, 9.17) is 5.84 Å². The fraction of sp³-hybridized carbons (Fsp3) is 0.643. The van der Waals surface area contributed by atoms with E-state index in [9.17, 15) is 4.79 Å². The van der Waals surface area contributed by atoms with Crippen LogP contribution < -0.4 is 11.3 Å². The molecule has 0 aliphatic carbocycles. The number of carbonyl (C=O) groups is 1.